The van der Waals surface area contributed by atoms with Gasteiger partial charge in [-0.05, 0) is 37.4 Å². The summed E-state index contributed by atoms with van der Waals surface area (Å²) >= 11 is 0. The summed E-state index contributed by atoms with van der Waals surface area (Å²) < 4.78 is 22.3. The van der Waals surface area contributed by atoms with E-state index in [9.17, 15) is 8.42 Å². The van der Waals surface area contributed by atoms with Gasteiger partial charge in [-0.25, -0.2) is 8.42 Å². The normalized spacial score (nSPS) is 13.4. The Bertz CT molecular complexity index is 432. The van der Waals surface area contributed by atoms with Gasteiger partial charge in [-0.2, -0.15) is 0 Å². The Labute approximate surface area is 110 Å². The molecular weight excluding hydrogens is 248 g/mol. The third-order valence-electron chi connectivity index (χ3n) is 2.74. The third kappa shape index (κ3) is 6.12. The first kappa shape index (κ1) is 15.1. The zero-order valence-electron chi connectivity index (χ0n) is 11.1. The Morgan fingerprint density at radius 2 is 2.22 bits per heavy atom. The molecule has 0 aromatic carbocycles. The molecule has 0 aliphatic heterocycles. The molecule has 0 spiro atoms. The fraction of sp³-hybridized carbons (Fsp3) is 0.615. The van der Waals surface area contributed by atoms with Gasteiger partial charge in [-0.1, -0.05) is 13.0 Å². The van der Waals surface area contributed by atoms with E-state index in [1.54, 1.807) is 6.20 Å². The Kier molecular flexibility index (Phi) is 6.29. The molecule has 0 bridgehead atoms. The number of hydrogen-bond acceptors (Lipinski definition) is 4. The maximum absolute atomic E-state index is 11.1. The SMILES string of the molecule is CCCNC(CCCS(C)(=O)=O)c1cccnc1. The smallest absolute Gasteiger partial charge is 0.147 e. The summed E-state index contributed by atoms with van der Waals surface area (Å²) in [5.74, 6) is 0.248. The summed E-state index contributed by atoms with van der Waals surface area (Å²) in [4.78, 5) is 4.11. The maximum atomic E-state index is 11.1. The topological polar surface area (TPSA) is 59.1 Å². The Morgan fingerprint density at radius 3 is 2.78 bits per heavy atom. The number of rotatable bonds is 8. The average Bonchev–Trinajstić information content (AvgIpc) is 2.33. The highest BCUT2D eigenvalue weighted by Gasteiger charge is 2.12. The highest BCUT2D eigenvalue weighted by Crippen LogP contribution is 2.17. The van der Waals surface area contributed by atoms with Crippen molar-refractivity contribution in [3.63, 3.8) is 0 Å². The molecule has 0 saturated heterocycles. The van der Waals surface area contributed by atoms with Gasteiger partial charge >= 0.3 is 0 Å². The van der Waals surface area contributed by atoms with Gasteiger partial charge in [0, 0.05) is 30.4 Å². The van der Waals surface area contributed by atoms with E-state index in [2.05, 4.69) is 17.2 Å². The van der Waals surface area contributed by atoms with Crippen LogP contribution in [0.4, 0.5) is 0 Å². The molecule has 1 atom stereocenters. The summed E-state index contributed by atoms with van der Waals surface area (Å²) in [6, 6.07) is 4.13. The van der Waals surface area contributed by atoms with Gasteiger partial charge in [0.1, 0.15) is 9.84 Å². The minimum Gasteiger partial charge on any atom is -0.310 e. The number of sulfone groups is 1. The molecule has 0 aliphatic rings. The van der Waals surface area contributed by atoms with Crippen molar-refractivity contribution in [1.82, 2.24) is 10.3 Å². The molecule has 1 heterocycles. The molecule has 0 fully saturated rings. The van der Waals surface area contributed by atoms with Crippen molar-refractivity contribution in [3.05, 3.63) is 30.1 Å². The maximum Gasteiger partial charge on any atom is 0.147 e. The van der Waals surface area contributed by atoms with Gasteiger partial charge in [-0.15, -0.1) is 0 Å². The van der Waals surface area contributed by atoms with E-state index in [-0.39, 0.29) is 11.8 Å². The molecule has 0 aliphatic carbocycles. The lowest BCUT2D eigenvalue weighted by Crippen LogP contribution is -2.23. The molecule has 0 amide bonds. The molecular formula is C13H22N2O2S. The van der Waals surface area contributed by atoms with Crippen molar-refractivity contribution >= 4 is 9.84 Å². The van der Waals surface area contributed by atoms with Crippen LogP contribution < -0.4 is 5.32 Å². The number of aromatic nitrogens is 1. The monoisotopic (exact) mass is 270 g/mol. The second-order valence-corrected chi connectivity index (χ2v) is 6.82. The molecule has 1 aromatic rings. The van der Waals surface area contributed by atoms with E-state index in [0.29, 0.717) is 6.42 Å². The molecule has 102 valence electrons. The summed E-state index contributed by atoms with van der Waals surface area (Å²) in [5, 5.41) is 3.44. The minimum absolute atomic E-state index is 0.195. The highest BCUT2D eigenvalue weighted by molar-refractivity contribution is 7.90. The molecule has 0 radical (unpaired) electrons. The van der Waals surface area contributed by atoms with Crippen LogP contribution in [0.5, 0.6) is 0 Å². The van der Waals surface area contributed by atoms with Crippen LogP contribution in [0.15, 0.2) is 24.5 Å². The lowest BCUT2D eigenvalue weighted by Gasteiger charge is -2.18. The van der Waals surface area contributed by atoms with Gasteiger partial charge < -0.3 is 5.32 Å². The molecule has 0 saturated carbocycles. The van der Waals surface area contributed by atoms with Crippen LogP contribution in [0.1, 0.15) is 37.8 Å². The second kappa shape index (κ2) is 7.48. The van der Waals surface area contributed by atoms with Crippen molar-refractivity contribution in [1.29, 1.82) is 0 Å². The van der Waals surface area contributed by atoms with Gasteiger partial charge in [0.25, 0.3) is 0 Å². The lowest BCUT2D eigenvalue weighted by molar-refractivity contribution is 0.491. The van der Waals surface area contributed by atoms with Gasteiger partial charge in [-0.3, -0.25) is 4.98 Å². The summed E-state index contributed by atoms with van der Waals surface area (Å²) in [6.07, 6.45) is 7.42. The van der Waals surface area contributed by atoms with Crippen LogP contribution in [-0.4, -0.2) is 32.0 Å². The van der Waals surface area contributed by atoms with Crippen LogP contribution >= 0.6 is 0 Å². The predicted octanol–water partition coefficient (Wildman–Crippen LogP) is 1.95. The van der Waals surface area contributed by atoms with E-state index < -0.39 is 9.84 Å². The first-order valence-electron chi connectivity index (χ1n) is 6.34. The van der Waals surface area contributed by atoms with Crippen LogP contribution in [0, 0.1) is 0 Å². The minimum atomic E-state index is -2.87. The van der Waals surface area contributed by atoms with Crippen molar-refractivity contribution in [3.8, 4) is 0 Å². The quantitative estimate of drug-likeness (QED) is 0.784. The number of nitrogens with one attached hydrogen (secondary N) is 1. The van der Waals surface area contributed by atoms with Crippen molar-refractivity contribution in [2.24, 2.45) is 0 Å². The van der Waals surface area contributed by atoms with E-state index in [4.69, 9.17) is 0 Å². The van der Waals surface area contributed by atoms with Gasteiger partial charge in [0.2, 0.25) is 0 Å². The molecule has 5 heteroatoms. The van der Waals surface area contributed by atoms with Crippen molar-refractivity contribution in [2.45, 2.75) is 32.2 Å². The first-order chi connectivity index (χ1) is 8.53. The number of pyridine rings is 1. The van der Waals surface area contributed by atoms with E-state index >= 15 is 0 Å². The van der Waals surface area contributed by atoms with Gasteiger partial charge in [0.05, 0.1) is 0 Å². The molecule has 1 unspecified atom stereocenters. The highest BCUT2D eigenvalue weighted by atomic mass is 32.2. The fourth-order valence-electron chi connectivity index (χ4n) is 1.84. The average molecular weight is 270 g/mol. The van der Waals surface area contributed by atoms with Crippen LogP contribution in [0.3, 0.4) is 0 Å². The Morgan fingerprint density at radius 1 is 1.44 bits per heavy atom. The first-order valence-corrected chi connectivity index (χ1v) is 8.40. The lowest BCUT2D eigenvalue weighted by atomic mass is 10.0. The molecule has 1 aromatic heterocycles. The Hall–Kier alpha value is -0.940. The van der Waals surface area contributed by atoms with Crippen molar-refractivity contribution < 1.29 is 8.42 Å². The molecule has 1 rings (SSSR count). The fourth-order valence-corrected chi connectivity index (χ4v) is 2.53. The van der Waals surface area contributed by atoms with Crippen LogP contribution in [0.2, 0.25) is 0 Å². The Balaban J connectivity index is 2.56. The van der Waals surface area contributed by atoms with E-state index in [1.165, 1.54) is 6.26 Å². The zero-order valence-corrected chi connectivity index (χ0v) is 11.9. The van der Waals surface area contributed by atoms with Crippen molar-refractivity contribution in [2.75, 3.05) is 18.6 Å². The standard InChI is InChI=1S/C13H22N2O2S/c1-3-8-15-13(7-5-10-18(2,16)17)12-6-4-9-14-11-12/h4,6,9,11,13,15H,3,5,7-8,10H2,1-2H3. The second-order valence-electron chi connectivity index (χ2n) is 4.57. The predicted molar refractivity (Wildman–Crippen MR) is 74.2 cm³/mol. The van der Waals surface area contributed by atoms with E-state index in [1.807, 2.05) is 18.3 Å². The molecule has 1 N–H and O–H groups in total. The van der Waals surface area contributed by atoms with Crippen LogP contribution in [0.25, 0.3) is 0 Å². The zero-order chi connectivity index (χ0) is 13.4. The summed E-state index contributed by atoms with van der Waals surface area (Å²) in [5.41, 5.74) is 1.12. The van der Waals surface area contributed by atoms with Gasteiger partial charge in [0.15, 0.2) is 0 Å². The molecule has 4 nitrogen and oxygen atoms in total. The largest absolute Gasteiger partial charge is 0.310 e. The summed E-state index contributed by atoms with van der Waals surface area (Å²) in [6.45, 7) is 3.04. The van der Waals surface area contributed by atoms with E-state index in [0.717, 1.165) is 24.9 Å². The van der Waals surface area contributed by atoms with Crippen LogP contribution in [-0.2, 0) is 9.84 Å². The third-order valence-corrected chi connectivity index (χ3v) is 3.77. The number of nitrogens with zero attached hydrogens (tertiary/aromatic N) is 1. The molecule has 18 heavy (non-hydrogen) atoms. The summed E-state index contributed by atoms with van der Waals surface area (Å²) in [7, 11) is -2.87. The number of hydrogen-bond donors (Lipinski definition) is 1.